The molecule has 1 aliphatic rings. The van der Waals surface area contributed by atoms with Gasteiger partial charge in [0.05, 0.1) is 12.5 Å². The summed E-state index contributed by atoms with van der Waals surface area (Å²) in [5.41, 5.74) is 0.539. The molecule has 3 nitrogen and oxygen atoms in total. The lowest BCUT2D eigenvalue weighted by atomic mass is 9.97. The fraction of sp³-hybridized carbons (Fsp3) is 0.583. The Kier molecular flexibility index (Phi) is 4.35. The van der Waals surface area contributed by atoms with Crippen molar-refractivity contribution < 1.29 is 18.3 Å². The summed E-state index contributed by atoms with van der Waals surface area (Å²) < 4.78 is 39.0. The highest BCUT2D eigenvalue weighted by atomic mass is 79.9. The van der Waals surface area contributed by atoms with Crippen LogP contribution in [0.3, 0.4) is 0 Å². The lowest BCUT2D eigenvalue weighted by Gasteiger charge is -2.35. The molecule has 0 amide bonds. The summed E-state index contributed by atoms with van der Waals surface area (Å²) in [6.07, 6.45) is -2.00. The molecule has 0 aromatic carbocycles. The predicted octanol–water partition coefficient (Wildman–Crippen LogP) is 3.12. The SMILES string of the molecule is OCc1cc(Br)cnc1N1CCCC(C(F)(F)F)C1. The largest absolute Gasteiger partial charge is 0.393 e. The first-order valence-electron chi connectivity index (χ1n) is 5.98. The maximum atomic E-state index is 12.8. The van der Waals surface area contributed by atoms with Gasteiger partial charge >= 0.3 is 6.18 Å². The predicted molar refractivity (Wildman–Crippen MR) is 68.9 cm³/mol. The second-order valence-electron chi connectivity index (χ2n) is 4.62. The molecule has 0 radical (unpaired) electrons. The molecule has 1 aromatic heterocycles. The molecule has 19 heavy (non-hydrogen) atoms. The van der Waals surface area contributed by atoms with Crippen molar-refractivity contribution in [2.45, 2.75) is 25.6 Å². The third-order valence-corrected chi connectivity index (χ3v) is 3.70. The molecule has 1 aliphatic heterocycles. The Balaban J connectivity index is 2.22. The third kappa shape index (κ3) is 3.39. The molecule has 2 heterocycles. The Bertz CT molecular complexity index is 453. The van der Waals surface area contributed by atoms with Crippen molar-refractivity contribution in [1.82, 2.24) is 4.98 Å². The van der Waals surface area contributed by atoms with Crippen LogP contribution in [0.25, 0.3) is 0 Å². The van der Waals surface area contributed by atoms with Gasteiger partial charge in [0.2, 0.25) is 0 Å². The van der Waals surface area contributed by atoms with Crippen LogP contribution in [0.15, 0.2) is 16.7 Å². The summed E-state index contributed by atoms with van der Waals surface area (Å²) in [6.45, 7) is 0.203. The summed E-state index contributed by atoms with van der Waals surface area (Å²) in [6, 6.07) is 1.68. The van der Waals surface area contributed by atoms with Gasteiger partial charge in [-0.1, -0.05) is 0 Å². The minimum atomic E-state index is -4.17. The monoisotopic (exact) mass is 338 g/mol. The van der Waals surface area contributed by atoms with Crippen LogP contribution in [0, 0.1) is 5.92 Å². The molecule has 0 spiro atoms. The minimum absolute atomic E-state index is 0.0921. The van der Waals surface area contributed by atoms with Crippen LogP contribution < -0.4 is 4.90 Å². The molecular formula is C12H14BrF3N2O. The first-order valence-corrected chi connectivity index (χ1v) is 6.78. The van der Waals surface area contributed by atoms with Gasteiger partial charge in [0, 0.05) is 29.3 Å². The van der Waals surface area contributed by atoms with E-state index in [1.54, 1.807) is 11.0 Å². The fourth-order valence-electron chi connectivity index (χ4n) is 2.31. The first kappa shape index (κ1) is 14.6. The molecule has 0 saturated carbocycles. The van der Waals surface area contributed by atoms with Crippen LogP contribution in [0.2, 0.25) is 0 Å². The van der Waals surface area contributed by atoms with Crippen molar-refractivity contribution in [2.24, 2.45) is 5.92 Å². The number of piperidine rings is 1. The Labute approximate surface area is 117 Å². The maximum absolute atomic E-state index is 12.8. The molecule has 1 unspecified atom stereocenters. The second-order valence-corrected chi connectivity index (χ2v) is 5.54. The average Bonchev–Trinajstić information content (AvgIpc) is 2.37. The minimum Gasteiger partial charge on any atom is -0.392 e. The molecule has 1 atom stereocenters. The van der Waals surface area contributed by atoms with Crippen LogP contribution in [0.5, 0.6) is 0 Å². The van der Waals surface area contributed by atoms with E-state index in [4.69, 9.17) is 0 Å². The number of aliphatic hydroxyl groups excluding tert-OH is 1. The number of aromatic nitrogens is 1. The summed E-state index contributed by atoms with van der Waals surface area (Å²) in [4.78, 5) is 5.75. The molecule has 1 N–H and O–H groups in total. The zero-order chi connectivity index (χ0) is 14.0. The second kappa shape index (κ2) is 5.66. The zero-order valence-corrected chi connectivity index (χ0v) is 11.7. The van der Waals surface area contributed by atoms with E-state index in [0.717, 1.165) is 0 Å². The lowest BCUT2D eigenvalue weighted by molar-refractivity contribution is -0.176. The van der Waals surface area contributed by atoms with Gasteiger partial charge in [-0.25, -0.2) is 4.98 Å². The number of halogens is 4. The number of alkyl halides is 3. The number of hydrogen-bond acceptors (Lipinski definition) is 3. The Morgan fingerprint density at radius 2 is 2.21 bits per heavy atom. The molecule has 0 bridgehead atoms. The normalized spacial score (nSPS) is 20.7. The van der Waals surface area contributed by atoms with Gasteiger partial charge in [-0.05, 0) is 34.8 Å². The van der Waals surface area contributed by atoms with Crippen molar-refractivity contribution in [2.75, 3.05) is 18.0 Å². The van der Waals surface area contributed by atoms with E-state index in [-0.39, 0.29) is 19.6 Å². The van der Waals surface area contributed by atoms with Crippen molar-refractivity contribution in [3.63, 3.8) is 0 Å². The maximum Gasteiger partial charge on any atom is 0.393 e. The van der Waals surface area contributed by atoms with Crippen LogP contribution in [-0.2, 0) is 6.61 Å². The molecule has 2 rings (SSSR count). The van der Waals surface area contributed by atoms with Crippen LogP contribution in [-0.4, -0.2) is 29.4 Å². The van der Waals surface area contributed by atoms with E-state index in [2.05, 4.69) is 20.9 Å². The van der Waals surface area contributed by atoms with Crippen LogP contribution >= 0.6 is 15.9 Å². The summed E-state index contributed by atoms with van der Waals surface area (Å²) >= 11 is 3.23. The van der Waals surface area contributed by atoms with E-state index in [9.17, 15) is 18.3 Å². The quantitative estimate of drug-likeness (QED) is 0.900. The summed E-state index contributed by atoms with van der Waals surface area (Å²) in [5, 5.41) is 9.29. The molecule has 1 aromatic rings. The van der Waals surface area contributed by atoms with Crippen molar-refractivity contribution in [3.05, 3.63) is 22.3 Å². The van der Waals surface area contributed by atoms with Gasteiger partial charge in [0.1, 0.15) is 5.82 Å². The summed E-state index contributed by atoms with van der Waals surface area (Å²) in [5.74, 6) is -0.877. The smallest absolute Gasteiger partial charge is 0.392 e. The van der Waals surface area contributed by atoms with Gasteiger partial charge in [-0.3, -0.25) is 0 Å². The molecule has 1 saturated heterocycles. The molecular weight excluding hydrogens is 325 g/mol. The summed E-state index contributed by atoms with van der Waals surface area (Å²) in [7, 11) is 0. The number of aliphatic hydroxyl groups is 1. The number of hydrogen-bond donors (Lipinski definition) is 1. The molecule has 106 valence electrons. The lowest BCUT2D eigenvalue weighted by Crippen LogP contribution is -2.42. The Morgan fingerprint density at radius 1 is 1.47 bits per heavy atom. The molecule has 0 aliphatic carbocycles. The number of nitrogens with zero attached hydrogens (tertiary/aromatic N) is 2. The van der Waals surface area contributed by atoms with Crippen LogP contribution in [0.4, 0.5) is 19.0 Å². The Morgan fingerprint density at radius 3 is 2.84 bits per heavy atom. The van der Waals surface area contributed by atoms with Crippen LogP contribution in [0.1, 0.15) is 18.4 Å². The van der Waals surface area contributed by atoms with Gasteiger partial charge < -0.3 is 10.0 Å². The number of anilines is 1. The fourth-order valence-corrected chi connectivity index (χ4v) is 2.69. The molecule has 1 fully saturated rings. The van der Waals surface area contributed by atoms with Gasteiger partial charge in [-0.2, -0.15) is 13.2 Å². The van der Waals surface area contributed by atoms with E-state index >= 15 is 0 Å². The number of pyridine rings is 1. The molecule has 7 heteroatoms. The highest BCUT2D eigenvalue weighted by Crippen LogP contribution is 2.35. The van der Waals surface area contributed by atoms with Gasteiger partial charge in [0.25, 0.3) is 0 Å². The zero-order valence-electron chi connectivity index (χ0n) is 10.1. The highest BCUT2D eigenvalue weighted by Gasteiger charge is 2.42. The topological polar surface area (TPSA) is 36.4 Å². The average molecular weight is 339 g/mol. The van der Waals surface area contributed by atoms with Gasteiger partial charge in [-0.15, -0.1) is 0 Å². The third-order valence-electron chi connectivity index (χ3n) is 3.26. The van der Waals surface area contributed by atoms with E-state index in [1.165, 1.54) is 6.20 Å². The van der Waals surface area contributed by atoms with E-state index < -0.39 is 12.1 Å². The number of rotatable bonds is 2. The van der Waals surface area contributed by atoms with E-state index in [1.807, 2.05) is 0 Å². The highest BCUT2D eigenvalue weighted by molar-refractivity contribution is 9.10. The standard InChI is InChI=1S/C12H14BrF3N2O/c13-10-4-8(7-19)11(17-5-10)18-3-1-2-9(6-18)12(14,15)16/h4-5,9,19H,1-3,6-7H2. The van der Waals surface area contributed by atoms with Crippen molar-refractivity contribution >= 4 is 21.7 Å². The van der Waals surface area contributed by atoms with Gasteiger partial charge in [0.15, 0.2) is 0 Å². The van der Waals surface area contributed by atoms with E-state index in [0.29, 0.717) is 28.8 Å². The van der Waals surface area contributed by atoms with Crippen molar-refractivity contribution in [3.8, 4) is 0 Å². The van der Waals surface area contributed by atoms with Crippen molar-refractivity contribution in [1.29, 1.82) is 0 Å². The first-order chi connectivity index (χ1) is 8.91. The Hall–Kier alpha value is -0.820.